The molecule has 0 radical (unpaired) electrons. The van der Waals surface area contributed by atoms with Gasteiger partial charge < -0.3 is 15.4 Å². The molecule has 0 bridgehead atoms. The van der Waals surface area contributed by atoms with Gasteiger partial charge in [-0.15, -0.1) is 0 Å². The van der Waals surface area contributed by atoms with Gasteiger partial charge in [0.15, 0.2) is 0 Å². The summed E-state index contributed by atoms with van der Waals surface area (Å²) in [7, 11) is 3.53. The van der Waals surface area contributed by atoms with Crippen LogP contribution in [0.2, 0.25) is 0 Å². The van der Waals surface area contributed by atoms with Crippen molar-refractivity contribution in [3.05, 3.63) is 41.2 Å². The monoisotopic (exact) mass is 453 g/mol. The van der Waals surface area contributed by atoms with Gasteiger partial charge in [0.05, 0.1) is 36.3 Å². The molecule has 4 rings (SSSR count). The number of carbonyl (C=O) groups is 2. The number of fused-ring (bicyclic) bond motifs is 1. The van der Waals surface area contributed by atoms with Gasteiger partial charge in [0, 0.05) is 25.6 Å². The molecule has 2 saturated heterocycles. The van der Waals surface area contributed by atoms with E-state index in [4.69, 9.17) is 4.74 Å². The number of carbonyl (C=O) groups excluding carboxylic acids is 2. The van der Waals surface area contributed by atoms with Gasteiger partial charge in [0.1, 0.15) is 5.75 Å². The highest BCUT2D eigenvalue weighted by atomic mass is 16.5. The standard InChI is InChI=1S/C25H35N5O3/c1-16-24(17(2)29(4)28-16)26-23(32)15-30-20(18-9-8-10-19(13-18)33-5)14-25(3)21(30)11-6-7-12-22(31)27-25/h8-10,13,20-21H,6-7,11-12,14-15H2,1-5H3,(H,26,32)(H,27,31)/t20-,21-,25-/m0/s1. The Morgan fingerprint density at radius 3 is 2.82 bits per heavy atom. The minimum Gasteiger partial charge on any atom is -0.497 e. The number of aryl methyl sites for hydroxylation is 2. The molecule has 2 aliphatic rings. The highest BCUT2D eigenvalue weighted by Gasteiger charge is 2.51. The normalized spacial score (nSPS) is 25.7. The highest BCUT2D eigenvalue weighted by Crippen LogP contribution is 2.45. The van der Waals surface area contributed by atoms with Crippen molar-refractivity contribution in [1.82, 2.24) is 20.0 Å². The molecule has 8 nitrogen and oxygen atoms in total. The lowest BCUT2D eigenvalue weighted by Crippen LogP contribution is -2.56. The molecule has 1 aromatic heterocycles. The molecule has 0 spiro atoms. The van der Waals surface area contributed by atoms with Crippen LogP contribution >= 0.6 is 0 Å². The first-order valence-electron chi connectivity index (χ1n) is 11.7. The van der Waals surface area contributed by atoms with E-state index in [1.165, 1.54) is 0 Å². The Labute approximate surface area is 195 Å². The van der Waals surface area contributed by atoms with Crippen molar-refractivity contribution in [3.63, 3.8) is 0 Å². The fourth-order valence-electron chi connectivity index (χ4n) is 5.54. The second-order valence-electron chi connectivity index (χ2n) is 9.61. The van der Waals surface area contributed by atoms with Crippen LogP contribution in [0.15, 0.2) is 24.3 Å². The number of amides is 2. The van der Waals surface area contributed by atoms with Crippen molar-refractivity contribution in [2.75, 3.05) is 19.0 Å². The van der Waals surface area contributed by atoms with E-state index in [2.05, 4.69) is 33.6 Å². The van der Waals surface area contributed by atoms with Gasteiger partial charge in [-0.3, -0.25) is 19.2 Å². The smallest absolute Gasteiger partial charge is 0.238 e. The van der Waals surface area contributed by atoms with E-state index in [0.29, 0.717) is 6.42 Å². The summed E-state index contributed by atoms with van der Waals surface area (Å²) in [5.41, 5.74) is 3.20. The molecule has 3 heterocycles. The predicted molar refractivity (Wildman–Crippen MR) is 127 cm³/mol. The molecule has 33 heavy (non-hydrogen) atoms. The van der Waals surface area contributed by atoms with Crippen molar-refractivity contribution in [2.45, 2.75) is 70.5 Å². The summed E-state index contributed by atoms with van der Waals surface area (Å²) >= 11 is 0. The van der Waals surface area contributed by atoms with Crippen LogP contribution < -0.4 is 15.4 Å². The average Bonchev–Trinajstić information content (AvgIpc) is 3.16. The summed E-state index contributed by atoms with van der Waals surface area (Å²) in [6, 6.07) is 8.09. The lowest BCUT2D eigenvalue weighted by atomic mass is 9.85. The largest absolute Gasteiger partial charge is 0.497 e. The van der Waals surface area contributed by atoms with Crippen LogP contribution in [0.5, 0.6) is 5.75 Å². The Balaban J connectivity index is 1.65. The Morgan fingerprint density at radius 1 is 1.33 bits per heavy atom. The van der Waals surface area contributed by atoms with E-state index in [1.54, 1.807) is 11.8 Å². The van der Waals surface area contributed by atoms with Gasteiger partial charge in [-0.2, -0.15) is 5.10 Å². The van der Waals surface area contributed by atoms with Crippen LogP contribution in [-0.2, 0) is 16.6 Å². The van der Waals surface area contributed by atoms with Crippen molar-refractivity contribution >= 4 is 17.5 Å². The Morgan fingerprint density at radius 2 is 2.12 bits per heavy atom. The number of hydrogen-bond acceptors (Lipinski definition) is 5. The number of nitrogens with zero attached hydrogens (tertiary/aromatic N) is 3. The van der Waals surface area contributed by atoms with Crippen LogP contribution in [0.25, 0.3) is 0 Å². The minimum atomic E-state index is -0.397. The van der Waals surface area contributed by atoms with E-state index in [1.807, 2.05) is 39.1 Å². The maximum Gasteiger partial charge on any atom is 0.238 e. The van der Waals surface area contributed by atoms with E-state index >= 15 is 0 Å². The molecule has 2 aromatic rings. The van der Waals surface area contributed by atoms with Crippen LogP contribution in [0.4, 0.5) is 5.69 Å². The molecule has 8 heteroatoms. The average molecular weight is 454 g/mol. The molecule has 3 atom stereocenters. The van der Waals surface area contributed by atoms with E-state index < -0.39 is 5.54 Å². The molecule has 2 fully saturated rings. The predicted octanol–water partition coefficient (Wildman–Crippen LogP) is 3.25. The zero-order valence-corrected chi connectivity index (χ0v) is 20.3. The molecule has 1 aromatic carbocycles. The number of ether oxygens (including phenoxy) is 1. The Kier molecular flexibility index (Phi) is 6.47. The number of rotatable bonds is 5. The molecular formula is C25H35N5O3. The van der Waals surface area contributed by atoms with Crippen molar-refractivity contribution in [1.29, 1.82) is 0 Å². The van der Waals surface area contributed by atoms with Gasteiger partial charge in [-0.25, -0.2) is 0 Å². The lowest BCUT2D eigenvalue weighted by molar-refractivity contribution is -0.123. The van der Waals surface area contributed by atoms with E-state index in [0.717, 1.165) is 54.1 Å². The molecule has 178 valence electrons. The number of methoxy groups -OCH3 is 1. The van der Waals surface area contributed by atoms with Crippen molar-refractivity contribution < 1.29 is 14.3 Å². The highest BCUT2D eigenvalue weighted by molar-refractivity contribution is 5.93. The number of benzene rings is 1. The van der Waals surface area contributed by atoms with Crippen LogP contribution in [0, 0.1) is 13.8 Å². The molecule has 2 N–H and O–H groups in total. The van der Waals surface area contributed by atoms with E-state index in [9.17, 15) is 9.59 Å². The maximum absolute atomic E-state index is 13.3. The second-order valence-corrected chi connectivity index (χ2v) is 9.61. The molecule has 0 unspecified atom stereocenters. The fourth-order valence-corrected chi connectivity index (χ4v) is 5.54. The SMILES string of the molecule is COc1cccc([C@@H]2C[C@]3(C)NC(=O)CCCC[C@@H]3N2CC(=O)Nc2c(C)nn(C)c2C)c1. The number of aromatic nitrogens is 2. The maximum atomic E-state index is 13.3. The first-order valence-corrected chi connectivity index (χ1v) is 11.7. The number of anilines is 1. The Bertz CT molecular complexity index is 1050. The summed E-state index contributed by atoms with van der Waals surface area (Å²) < 4.78 is 7.24. The molecule has 2 amide bonds. The molecule has 0 aliphatic carbocycles. The minimum absolute atomic E-state index is 0.00431. The van der Waals surface area contributed by atoms with Gasteiger partial charge >= 0.3 is 0 Å². The number of likely N-dealkylation sites (tertiary alicyclic amines) is 1. The summed E-state index contributed by atoms with van der Waals surface area (Å²) in [6.07, 6.45) is 4.09. The third kappa shape index (κ3) is 4.62. The molecule has 0 saturated carbocycles. The fraction of sp³-hybridized carbons (Fsp3) is 0.560. The van der Waals surface area contributed by atoms with Crippen LogP contribution in [0.3, 0.4) is 0 Å². The van der Waals surface area contributed by atoms with Crippen LogP contribution in [0.1, 0.15) is 62.0 Å². The quantitative estimate of drug-likeness (QED) is 0.726. The van der Waals surface area contributed by atoms with Crippen molar-refractivity contribution in [3.8, 4) is 5.75 Å². The number of nitrogens with one attached hydrogen (secondary N) is 2. The molecule has 2 aliphatic heterocycles. The third-order valence-electron chi connectivity index (χ3n) is 7.29. The second kappa shape index (κ2) is 9.17. The third-order valence-corrected chi connectivity index (χ3v) is 7.29. The number of hydrogen-bond donors (Lipinski definition) is 2. The topological polar surface area (TPSA) is 88.5 Å². The van der Waals surface area contributed by atoms with Gasteiger partial charge in [0.25, 0.3) is 0 Å². The van der Waals surface area contributed by atoms with E-state index in [-0.39, 0.29) is 30.4 Å². The lowest BCUT2D eigenvalue weighted by Gasteiger charge is -2.38. The van der Waals surface area contributed by atoms with Gasteiger partial charge in [-0.05, 0) is 57.7 Å². The van der Waals surface area contributed by atoms with Crippen LogP contribution in [-0.4, -0.2) is 51.7 Å². The Hall–Kier alpha value is -2.87. The first kappa shape index (κ1) is 23.3. The summed E-state index contributed by atoms with van der Waals surface area (Å²) in [5.74, 6) is 0.816. The summed E-state index contributed by atoms with van der Waals surface area (Å²) in [4.78, 5) is 28.1. The zero-order chi connectivity index (χ0) is 23.8. The molecular weight excluding hydrogens is 418 g/mol. The first-order chi connectivity index (χ1) is 15.7. The zero-order valence-electron chi connectivity index (χ0n) is 20.3. The van der Waals surface area contributed by atoms with Gasteiger partial charge in [-0.1, -0.05) is 18.6 Å². The van der Waals surface area contributed by atoms with Crippen molar-refractivity contribution in [2.24, 2.45) is 7.05 Å². The van der Waals surface area contributed by atoms with Gasteiger partial charge in [0.2, 0.25) is 11.8 Å². The summed E-state index contributed by atoms with van der Waals surface area (Å²) in [5, 5.41) is 10.8. The summed E-state index contributed by atoms with van der Waals surface area (Å²) in [6.45, 7) is 6.22.